The molecule has 0 unspecified atom stereocenters. The zero-order chi connectivity index (χ0) is 12.0. The Hall–Kier alpha value is -1.63. The lowest BCUT2D eigenvalue weighted by Crippen LogP contribution is -2.22. The Morgan fingerprint density at radius 3 is 2.72 bits per heavy atom. The molecule has 1 fully saturated rings. The average molecular weight is 235 g/mol. The molecule has 1 aromatic rings. The number of fused-ring (bicyclic) bond motifs is 3. The van der Waals surface area contributed by atoms with Gasteiger partial charge in [0.05, 0.1) is 11.4 Å². The Morgan fingerprint density at radius 2 is 1.83 bits per heavy atom. The maximum atomic E-state index is 4.71. The summed E-state index contributed by atoms with van der Waals surface area (Å²) in [4.78, 5) is 4.71. The van der Waals surface area contributed by atoms with Crippen molar-refractivity contribution in [2.24, 2.45) is 10.4 Å². The highest BCUT2D eigenvalue weighted by Gasteiger charge is 2.33. The van der Waals surface area contributed by atoms with E-state index in [4.69, 9.17) is 4.99 Å². The van der Waals surface area contributed by atoms with Crippen molar-refractivity contribution in [1.29, 1.82) is 0 Å². The molecule has 0 saturated heterocycles. The zero-order valence-corrected chi connectivity index (χ0v) is 10.5. The van der Waals surface area contributed by atoms with Crippen molar-refractivity contribution in [2.75, 3.05) is 0 Å². The summed E-state index contributed by atoms with van der Waals surface area (Å²) in [5.41, 5.74) is 5.31. The molecule has 0 atom stereocenters. The molecular weight excluding hydrogens is 218 g/mol. The van der Waals surface area contributed by atoms with Crippen LogP contribution in [0.4, 0.5) is 5.69 Å². The number of para-hydroxylation sites is 1. The lowest BCUT2D eigenvalue weighted by molar-refractivity contribution is 0.326. The largest absolute Gasteiger partial charge is 0.248 e. The van der Waals surface area contributed by atoms with Crippen LogP contribution in [0, 0.1) is 5.41 Å². The molecule has 1 aliphatic heterocycles. The summed E-state index contributed by atoms with van der Waals surface area (Å²) in [5.74, 6) is 0. The minimum absolute atomic E-state index is 0.323. The first kappa shape index (κ1) is 10.3. The molecule has 0 aromatic heterocycles. The second kappa shape index (κ2) is 3.68. The van der Waals surface area contributed by atoms with Gasteiger partial charge in [0.25, 0.3) is 0 Å². The van der Waals surface area contributed by atoms with Crippen molar-refractivity contribution in [1.82, 2.24) is 0 Å². The van der Waals surface area contributed by atoms with E-state index >= 15 is 0 Å². The topological polar surface area (TPSA) is 12.4 Å². The van der Waals surface area contributed by atoms with Crippen molar-refractivity contribution in [3.8, 4) is 0 Å². The summed E-state index contributed by atoms with van der Waals surface area (Å²) >= 11 is 0. The minimum atomic E-state index is 0.323. The molecule has 1 spiro atoms. The Morgan fingerprint density at radius 1 is 1.00 bits per heavy atom. The summed E-state index contributed by atoms with van der Waals surface area (Å²) in [6, 6.07) is 8.50. The number of hydrogen-bond acceptors (Lipinski definition) is 1. The fourth-order valence-corrected chi connectivity index (χ4v) is 3.51. The van der Waals surface area contributed by atoms with Gasteiger partial charge in [0.15, 0.2) is 0 Å². The van der Waals surface area contributed by atoms with Gasteiger partial charge in [-0.05, 0) is 25.0 Å². The van der Waals surface area contributed by atoms with E-state index in [2.05, 4.69) is 42.5 Å². The summed E-state index contributed by atoms with van der Waals surface area (Å²) in [6.07, 6.45) is 13.9. The van der Waals surface area contributed by atoms with E-state index in [0.29, 0.717) is 5.41 Å². The third kappa shape index (κ3) is 1.43. The summed E-state index contributed by atoms with van der Waals surface area (Å²) in [5, 5.41) is 0. The first-order valence-corrected chi connectivity index (χ1v) is 6.97. The molecule has 1 nitrogen and oxygen atoms in total. The van der Waals surface area contributed by atoms with Gasteiger partial charge in [0.1, 0.15) is 0 Å². The molecule has 0 N–H and O–H groups in total. The quantitative estimate of drug-likeness (QED) is 0.619. The summed E-state index contributed by atoms with van der Waals surface area (Å²) < 4.78 is 0. The molecule has 1 aromatic carbocycles. The van der Waals surface area contributed by atoms with Crippen molar-refractivity contribution in [3.05, 3.63) is 48.1 Å². The number of rotatable bonds is 0. The fourth-order valence-electron chi connectivity index (χ4n) is 3.51. The molecule has 0 bridgehead atoms. The molecule has 4 rings (SSSR count). The molecule has 90 valence electrons. The van der Waals surface area contributed by atoms with Gasteiger partial charge >= 0.3 is 0 Å². The van der Waals surface area contributed by atoms with Gasteiger partial charge in [-0.2, -0.15) is 0 Å². The molecule has 1 heterocycles. The van der Waals surface area contributed by atoms with Crippen molar-refractivity contribution in [3.63, 3.8) is 0 Å². The Labute approximate surface area is 108 Å². The summed E-state index contributed by atoms with van der Waals surface area (Å²) in [6.45, 7) is 0. The molecule has 1 saturated carbocycles. The second-order valence-electron chi connectivity index (χ2n) is 5.70. The number of allylic oxidation sites excluding steroid dienone is 4. The van der Waals surface area contributed by atoms with Crippen molar-refractivity contribution < 1.29 is 0 Å². The normalized spacial score (nSPS) is 23.3. The van der Waals surface area contributed by atoms with E-state index in [9.17, 15) is 0 Å². The van der Waals surface area contributed by atoms with Gasteiger partial charge < -0.3 is 0 Å². The number of hydrogen-bond donors (Lipinski definition) is 0. The van der Waals surface area contributed by atoms with Crippen LogP contribution in [0.15, 0.2) is 47.5 Å². The minimum Gasteiger partial charge on any atom is -0.248 e. The maximum absolute atomic E-state index is 4.71. The number of nitrogens with zero attached hydrogens (tertiary/aromatic N) is 1. The van der Waals surface area contributed by atoms with Crippen LogP contribution in [-0.4, -0.2) is 5.71 Å². The molecule has 0 radical (unpaired) electrons. The zero-order valence-electron chi connectivity index (χ0n) is 10.5. The predicted molar refractivity (Wildman–Crippen MR) is 76.2 cm³/mol. The van der Waals surface area contributed by atoms with Crippen LogP contribution in [0.2, 0.25) is 0 Å². The highest BCUT2D eigenvalue weighted by Crippen LogP contribution is 2.46. The number of aliphatic imine (C=N–C) groups is 1. The van der Waals surface area contributed by atoms with Crippen LogP contribution < -0.4 is 0 Å². The SMILES string of the molecule is C1=CC2(C=C3C1=Nc1ccccc13)CCCCC2. The first-order valence-electron chi connectivity index (χ1n) is 6.97. The van der Waals surface area contributed by atoms with Crippen molar-refractivity contribution >= 4 is 17.0 Å². The molecule has 1 heteroatoms. The van der Waals surface area contributed by atoms with Gasteiger partial charge in [0, 0.05) is 16.6 Å². The molecule has 0 amide bonds. The second-order valence-corrected chi connectivity index (χ2v) is 5.70. The van der Waals surface area contributed by atoms with E-state index in [-0.39, 0.29) is 0 Å². The first-order chi connectivity index (χ1) is 8.86. The van der Waals surface area contributed by atoms with Crippen LogP contribution >= 0.6 is 0 Å². The lowest BCUT2D eigenvalue weighted by atomic mass is 9.70. The van der Waals surface area contributed by atoms with E-state index < -0.39 is 0 Å². The van der Waals surface area contributed by atoms with Gasteiger partial charge in [-0.1, -0.05) is 49.6 Å². The van der Waals surface area contributed by atoms with Gasteiger partial charge in [-0.25, -0.2) is 4.99 Å². The number of benzene rings is 1. The average Bonchev–Trinajstić information content (AvgIpc) is 2.78. The standard InChI is InChI=1S/C17H17N/c1-4-9-17(10-5-1)11-8-16-14(12-17)13-6-2-3-7-15(13)18-16/h2-3,6-8,11-12H,1,4-5,9-10H2. The van der Waals surface area contributed by atoms with Crippen LogP contribution in [0.3, 0.4) is 0 Å². The van der Waals surface area contributed by atoms with E-state index in [1.807, 2.05) is 0 Å². The lowest BCUT2D eigenvalue weighted by Gasteiger charge is -2.34. The third-order valence-electron chi connectivity index (χ3n) is 4.50. The molecular formula is C17H17N. The van der Waals surface area contributed by atoms with Gasteiger partial charge in [-0.3, -0.25) is 0 Å². The van der Waals surface area contributed by atoms with E-state index in [1.54, 1.807) is 0 Å². The third-order valence-corrected chi connectivity index (χ3v) is 4.50. The molecule has 3 aliphatic rings. The van der Waals surface area contributed by atoms with Crippen LogP contribution in [0.5, 0.6) is 0 Å². The highest BCUT2D eigenvalue weighted by atomic mass is 14.8. The molecule has 2 aliphatic carbocycles. The Kier molecular flexibility index (Phi) is 2.11. The van der Waals surface area contributed by atoms with Crippen molar-refractivity contribution in [2.45, 2.75) is 32.1 Å². The smallest absolute Gasteiger partial charge is 0.0716 e. The van der Waals surface area contributed by atoms with E-state index in [1.165, 1.54) is 43.2 Å². The Bertz CT molecular complexity index is 583. The predicted octanol–water partition coefficient (Wildman–Crippen LogP) is 4.68. The monoisotopic (exact) mass is 235 g/mol. The van der Waals surface area contributed by atoms with Gasteiger partial charge in [-0.15, -0.1) is 0 Å². The molecule has 18 heavy (non-hydrogen) atoms. The van der Waals surface area contributed by atoms with Crippen LogP contribution in [-0.2, 0) is 0 Å². The van der Waals surface area contributed by atoms with Gasteiger partial charge in [0.2, 0.25) is 0 Å². The Balaban J connectivity index is 1.82. The van der Waals surface area contributed by atoms with Crippen LogP contribution in [0.25, 0.3) is 5.57 Å². The van der Waals surface area contributed by atoms with E-state index in [0.717, 1.165) is 11.4 Å². The summed E-state index contributed by atoms with van der Waals surface area (Å²) in [7, 11) is 0. The highest BCUT2D eigenvalue weighted by molar-refractivity contribution is 6.34. The fraction of sp³-hybridized carbons (Fsp3) is 0.353. The van der Waals surface area contributed by atoms with Crippen LogP contribution in [0.1, 0.15) is 37.7 Å². The maximum Gasteiger partial charge on any atom is 0.0716 e.